The van der Waals surface area contributed by atoms with Crippen LogP contribution in [-0.4, -0.2) is 19.7 Å². The van der Waals surface area contributed by atoms with Crippen molar-refractivity contribution in [2.75, 3.05) is 10.6 Å². The first kappa shape index (κ1) is 17.3. The fourth-order valence-electron chi connectivity index (χ4n) is 2.81. The lowest BCUT2D eigenvalue weighted by atomic mass is 10.2. The molecule has 0 atom stereocenters. The Kier molecular flexibility index (Phi) is 4.41. The van der Waals surface area contributed by atoms with Gasteiger partial charge in [-0.05, 0) is 43.2 Å². The third-order valence-corrected chi connectivity index (χ3v) is 4.83. The SMILES string of the molecule is Cc1ccc(Nc2nc(Nc3ccccc3C)nc3c2cnn3C)cc1Cl. The molecule has 2 aromatic heterocycles. The molecule has 0 unspecified atom stereocenters. The Labute approximate surface area is 162 Å². The van der Waals surface area contributed by atoms with E-state index in [-0.39, 0.29) is 0 Å². The predicted molar refractivity (Wildman–Crippen MR) is 110 cm³/mol. The van der Waals surface area contributed by atoms with Crippen LogP contribution in [0.5, 0.6) is 0 Å². The molecule has 0 saturated heterocycles. The topological polar surface area (TPSA) is 67.7 Å². The summed E-state index contributed by atoms with van der Waals surface area (Å²) in [4.78, 5) is 9.29. The number of rotatable bonds is 4. The number of para-hydroxylation sites is 1. The van der Waals surface area contributed by atoms with Gasteiger partial charge in [0, 0.05) is 23.4 Å². The summed E-state index contributed by atoms with van der Waals surface area (Å²) in [5.74, 6) is 1.17. The van der Waals surface area contributed by atoms with Crippen molar-refractivity contribution >= 4 is 45.8 Å². The van der Waals surface area contributed by atoms with Gasteiger partial charge in [-0.25, -0.2) is 0 Å². The van der Waals surface area contributed by atoms with Crippen molar-refractivity contribution < 1.29 is 0 Å². The second kappa shape index (κ2) is 6.89. The Balaban J connectivity index is 1.77. The van der Waals surface area contributed by atoms with Crippen LogP contribution < -0.4 is 10.6 Å². The van der Waals surface area contributed by atoms with Gasteiger partial charge in [0.05, 0.1) is 11.6 Å². The number of fused-ring (bicyclic) bond motifs is 1. The van der Waals surface area contributed by atoms with E-state index in [0.717, 1.165) is 33.5 Å². The van der Waals surface area contributed by atoms with E-state index < -0.39 is 0 Å². The minimum Gasteiger partial charge on any atom is -0.339 e. The molecule has 0 amide bonds. The maximum atomic E-state index is 6.26. The average Bonchev–Trinajstić information content (AvgIpc) is 3.02. The molecule has 136 valence electrons. The second-order valence-corrected chi connectivity index (χ2v) is 6.84. The van der Waals surface area contributed by atoms with Crippen molar-refractivity contribution in [3.8, 4) is 0 Å². The van der Waals surface area contributed by atoms with Crippen LogP contribution in [0.1, 0.15) is 11.1 Å². The van der Waals surface area contributed by atoms with Crippen LogP contribution >= 0.6 is 11.6 Å². The normalized spacial score (nSPS) is 11.0. The highest BCUT2D eigenvalue weighted by Gasteiger charge is 2.13. The molecule has 27 heavy (non-hydrogen) atoms. The summed E-state index contributed by atoms with van der Waals surface area (Å²) < 4.78 is 1.73. The molecule has 0 fully saturated rings. The number of hydrogen-bond donors (Lipinski definition) is 2. The minimum atomic E-state index is 0.501. The van der Waals surface area contributed by atoms with E-state index in [0.29, 0.717) is 16.8 Å². The van der Waals surface area contributed by atoms with Gasteiger partial charge in [-0.15, -0.1) is 0 Å². The molecule has 2 N–H and O–H groups in total. The Bertz CT molecular complexity index is 1130. The molecule has 0 radical (unpaired) electrons. The predicted octanol–water partition coefficient (Wildman–Crippen LogP) is 5.12. The molecule has 0 spiro atoms. The third kappa shape index (κ3) is 3.44. The summed E-state index contributed by atoms with van der Waals surface area (Å²) in [6.07, 6.45) is 1.75. The maximum Gasteiger partial charge on any atom is 0.231 e. The summed E-state index contributed by atoms with van der Waals surface area (Å²) in [7, 11) is 1.86. The van der Waals surface area contributed by atoms with Crippen LogP contribution in [-0.2, 0) is 7.05 Å². The standard InChI is InChI=1S/C20H19ClN6/c1-12-8-9-14(10-16(12)21)23-18-15-11-22-27(3)19(15)26-20(25-18)24-17-7-5-4-6-13(17)2/h4-11H,1-3H3,(H2,23,24,25,26). The van der Waals surface area contributed by atoms with Crippen molar-refractivity contribution in [1.29, 1.82) is 0 Å². The first-order chi connectivity index (χ1) is 13.0. The number of anilines is 4. The van der Waals surface area contributed by atoms with Crippen molar-refractivity contribution in [2.45, 2.75) is 13.8 Å². The first-order valence-corrected chi connectivity index (χ1v) is 8.94. The van der Waals surface area contributed by atoms with Gasteiger partial charge in [-0.3, -0.25) is 4.68 Å². The van der Waals surface area contributed by atoms with Crippen LogP contribution in [0.15, 0.2) is 48.7 Å². The quantitative estimate of drug-likeness (QED) is 0.515. The van der Waals surface area contributed by atoms with E-state index in [1.54, 1.807) is 10.9 Å². The summed E-state index contributed by atoms with van der Waals surface area (Å²) in [6, 6.07) is 13.8. The van der Waals surface area contributed by atoms with Gasteiger partial charge < -0.3 is 10.6 Å². The highest BCUT2D eigenvalue weighted by molar-refractivity contribution is 6.31. The van der Waals surface area contributed by atoms with E-state index in [1.165, 1.54) is 0 Å². The smallest absolute Gasteiger partial charge is 0.231 e. The summed E-state index contributed by atoms with van der Waals surface area (Å²) in [5, 5.41) is 12.5. The zero-order chi connectivity index (χ0) is 19.0. The Morgan fingerprint density at radius 1 is 0.963 bits per heavy atom. The number of benzene rings is 2. The van der Waals surface area contributed by atoms with Crippen LogP contribution in [0.2, 0.25) is 5.02 Å². The molecule has 0 aliphatic heterocycles. The molecule has 6 nitrogen and oxygen atoms in total. The number of nitrogens with zero attached hydrogens (tertiary/aromatic N) is 4. The first-order valence-electron chi connectivity index (χ1n) is 8.57. The van der Waals surface area contributed by atoms with Crippen molar-refractivity contribution in [1.82, 2.24) is 19.7 Å². The molecular formula is C20H19ClN6. The fourth-order valence-corrected chi connectivity index (χ4v) is 2.99. The van der Waals surface area contributed by atoms with Gasteiger partial charge >= 0.3 is 0 Å². The van der Waals surface area contributed by atoms with Gasteiger partial charge in [-0.2, -0.15) is 15.1 Å². The molecule has 2 aromatic carbocycles. The number of aryl methyl sites for hydroxylation is 3. The maximum absolute atomic E-state index is 6.26. The molecule has 0 saturated carbocycles. The van der Waals surface area contributed by atoms with Crippen LogP contribution in [0.3, 0.4) is 0 Å². The summed E-state index contributed by atoms with van der Waals surface area (Å²) in [5.41, 5.74) is 4.70. The van der Waals surface area contributed by atoms with Crippen molar-refractivity contribution in [2.24, 2.45) is 7.05 Å². The molecule has 4 aromatic rings. The Hall–Kier alpha value is -3.12. The largest absolute Gasteiger partial charge is 0.339 e. The average molecular weight is 379 g/mol. The fraction of sp³-hybridized carbons (Fsp3) is 0.150. The number of hydrogen-bond acceptors (Lipinski definition) is 5. The lowest BCUT2D eigenvalue weighted by Crippen LogP contribution is -2.04. The summed E-state index contributed by atoms with van der Waals surface area (Å²) in [6.45, 7) is 4.01. The van der Waals surface area contributed by atoms with E-state index in [2.05, 4.69) is 25.7 Å². The highest BCUT2D eigenvalue weighted by Crippen LogP contribution is 2.28. The van der Waals surface area contributed by atoms with E-state index in [1.807, 2.05) is 63.4 Å². The zero-order valence-electron chi connectivity index (χ0n) is 15.3. The van der Waals surface area contributed by atoms with Gasteiger partial charge in [0.25, 0.3) is 0 Å². The molecule has 7 heteroatoms. The van der Waals surface area contributed by atoms with Crippen molar-refractivity contribution in [3.63, 3.8) is 0 Å². The zero-order valence-corrected chi connectivity index (χ0v) is 16.0. The van der Waals surface area contributed by atoms with Crippen LogP contribution in [0, 0.1) is 13.8 Å². The molecule has 0 bridgehead atoms. The van der Waals surface area contributed by atoms with Crippen molar-refractivity contribution in [3.05, 3.63) is 64.8 Å². The lowest BCUT2D eigenvalue weighted by Gasteiger charge is -2.12. The Morgan fingerprint density at radius 2 is 1.78 bits per heavy atom. The minimum absolute atomic E-state index is 0.501. The number of nitrogens with one attached hydrogen (secondary N) is 2. The summed E-state index contributed by atoms with van der Waals surface area (Å²) >= 11 is 6.26. The van der Waals surface area contributed by atoms with Gasteiger partial charge in [0.1, 0.15) is 5.82 Å². The van der Waals surface area contributed by atoms with Crippen LogP contribution in [0.4, 0.5) is 23.1 Å². The second-order valence-electron chi connectivity index (χ2n) is 6.43. The van der Waals surface area contributed by atoms with Gasteiger partial charge in [0.15, 0.2) is 5.65 Å². The van der Waals surface area contributed by atoms with Crippen LogP contribution in [0.25, 0.3) is 11.0 Å². The molecular weight excluding hydrogens is 360 g/mol. The highest BCUT2D eigenvalue weighted by atomic mass is 35.5. The number of halogens is 1. The lowest BCUT2D eigenvalue weighted by molar-refractivity contribution is 0.786. The monoisotopic (exact) mass is 378 g/mol. The molecule has 2 heterocycles. The number of aromatic nitrogens is 4. The van der Waals surface area contributed by atoms with Gasteiger partial charge in [0.2, 0.25) is 5.95 Å². The molecule has 0 aliphatic rings. The molecule has 0 aliphatic carbocycles. The van der Waals surface area contributed by atoms with E-state index in [9.17, 15) is 0 Å². The molecule has 4 rings (SSSR count). The third-order valence-electron chi connectivity index (χ3n) is 4.42. The van der Waals surface area contributed by atoms with E-state index >= 15 is 0 Å². The van der Waals surface area contributed by atoms with E-state index in [4.69, 9.17) is 11.6 Å². The Morgan fingerprint density at radius 3 is 2.56 bits per heavy atom. The van der Waals surface area contributed by atoms with Gasteiger partial charge in [-0.1, -0.05) is 35.9 Å².